The molecule has 4 aromatic rings. The van der Waals surface area contributed by atoms with E-state index in [4.69, 9.17) is 4.42 Å². The second-order valence-corrected chi connectivity index (χ2v) is 6.67. The molecule has 3 aromatic heterocycles. The summed E-state index contributed by atoms with van der Waals surface area (Å²) < 4.78 is 7.48. The molecule has 9 nitrogen and oxygen atoms in total. The van der Waals surface area contributed by atoms with Gasteiger partial charge in [-0.05, 0) is 24.3 Å². The molecule has 0 atom stereocenters. The molecule has 0 aliphatic rings. The molecule has 140 valence electrons. The lowest BCUT2D eigenvalue weighted by molar-refractivity contribution is -0.384. The molecule has 10 heteroatoms. The first-order valence-corrected chi connectivity index (χ1v) is 9.04. The van der Waals surface area contributed by atoms with Gasteiger partial charge in [-0.25, -0.2) is 10.4 Å². The molecule has 0 spiro atoms. The molecule has 1 amide bonds. The summed E-state index contributed by atoms with van der Waals surface area (Å²) in [5.74, 6) is 0.695. The highest BCUT2D eigenvalue weighted by Gasteiger charge is 2.09. The molecular formula is C18H13N5O4S. The number of rotatable bonds is 6. The van der Waals surface area contributed by atoms with Crippen molar-refractivity contribution in [1.29, 1.82) is 0 Å². The Morgan fingerprint density at radius 2 is 2.14 bits per heavy atom. The van der Waals surface area contributed by atoms with Crippen molar-refractivity contribution in [2.24, 2.45) is 5.10 Å². The van der Waals surface area contributed by atoms with E-state index in [2.05, 4.69) is 15.5 Å². The summed E-state index contributed by atoms with van der Waals surface area (Å²) in [5, 5.41) is 16.5. The summed E-state index contributed by atoms with van der Waals surface area (Å²) in [4.78, 5) is 27.4. The van der Waals surface area contributed by atoms with Crippen LogP contribution in [-0.2, 0) is 11.2 Å². The minimum Gasteiger partial charge on any atom is -0.455 e. The number of carbonyl (C=O) groups excluding carboxylic acids is 1. The Bertz CT molecular complexity index is 1140. The van der Waals surface area contributed by atoms with Crippen molar-refractivity contribution >= 4 is 34.1 Å². The summed E-state index contributed by atoms with van der Waals surface area (Å²) in [6.07, 6.45) is 5.20. The molecule has 0 fully saturated rings. The van der Waals surface area contributed by atoms with E-state index in [-0.39, 0.29) is 18.0 Å². The number of aromatic nitrogens is 2. The first-order chi connectivity index (χ1) is 13.6. The van der Waals surface area contributed by atoms with Crippen LogP contribution in [0.4, 0.5) is 5.69 Å². The van der Waals surface area contributed by atoms with Gasteiger partial charge in [-0.3, -0.25) is 19.3 Å². The van der Waals surface area contributed by atoms with Crippen LogP contribution in [0.2, 0.25) is 0 Å². The monoisotopic (exact) mass is 395 g/mol. The van der Waals surface area contributed by atoms with E-state index in [0.29, 0.717) is 22.8 Å². The number of nitrogens with one attached hydrogen (secondary N) is 1. The number of amides is 1. The van der Waals surface area contributed by atoms with Crippen molar-refractivity contribution in [3.8, 4) is 11.3 Å². The number of fused-ring (bicyclic) bond motifs is 1. The van der Waals surface area contributed by atoms with Crippen LogP contribution >= 0.6 is 11.3 Å². The molecule has 1 aromatic carbocycles. The third-order valence-electron chi connectivity index (χ3n) is 3.86. The van der Waals surface area contributed by atoms with Gasteiger partial charge >= 0.3 is 0 Å². The number of benzene rings is 1. The molecule has 0 bridgehead atoms. The van der Waals surface area contributed by atoms with Gasteiger partial charge in [0.25, 0.3) is 5.69 Å². The van der Waals surface area contributed by atoms with E-state index in [1.807, 2.05) is 16.0 Å². The molecule has 0 saturated heterocycles. The summed E-state index contributed by atoms with van der Waals surface area (Å²) in [7, 11) is 0. The molecule has 0 unspecified atom stereocenters. The van der Waals surface area contributed by atoms with Crippen molar-refractivity contribution in [2.45, 2.75) is 6.42 Å². The molecule has 0 radical (unpaired) electrons. The minimum atomic E-state index is -0.459. The zero-order valence-corrected chi connectivity index (χ0v) is 15.1. The summed E-state index contributed by atoms with van der Waals surface area (Å²) in [5.41, 5.74) is 3.81. The van der Waals surface area contributed by atoms with Crippen LogP contribution in [0.25, 0.3) is 16.3 Å². The van der Waals surface area contributed by atoms with Crippen molar-refractivity contribution in [2.75, 3.05) is 0 Å². The fourth-order valence-electron chi connectivity index (χ4n) is 2.56. The number of hydrogen-bond donors (Lipinski definition) is 1. The Balaban J connectivity index is 1.35. The van der Waals surface area contributed by atoms with Gasteiger partial charge in [0.05, 0.1) is 23.3 Å². The highest BCUT2D eigenvalue weighted by atomic mass is 32.1. The van der Waals surface area contributed by atoms with Crippen molar-refractivity contribution in [3.63, 3.8) is 0 Å². The second kappa shape index (κ2) is 7.45. The van der Waals surface area contributed by atoms with Crippen LogP contribution in [0.1, 0.15) is 11.5 Å². The Hall–Kier alpha value is -3.79. The van der Waals surface area contributed by atoms with E-state index in [0.717, 1.165) is 4.96 Å². The highest BCUT2D eigenvalue weighted by Crippen LogP contribution is 2.24. The number of hydrogen-bond acceptors (Lipinski definition) is 7. The van der Waals surface area contributed by atoms with Gasteiger partial charge in [-0.15, -0.1) is 11.3 Å². The number of thiazole rings is 1. The molecule has 0 saturated carbocycles. The molecular weight excluding hydrogens is 382 g/mol. The summed E-state index contributed by atoms with van der Waals surface area (Å²) in [6.45, 7) is 0. The topological polar surface area (TPSA) is 115 Å². The molecule has 0 aliphatic carbocycles. The molecule has 0 aliphatic heterocycles. The van der Waals surface area contributed by atoms with Gasteiger partial charge in [0.1, 0.15) is 11.5 Å². The molecule has 4 rings (SSSR count). The minimum absolute atomic E-state index is 0.0114. The van der Waals surface area contributed by atoms with E-state index in [1.54, 1.807) is 30.5 Å². The average molecular weight is 395 g/mol. The smallest absolute Gasteiger partial charge is 0.269 e. The number of imidazole rings is 1. The van der Waals surface area contributed by atoms with Crippen LogP contribution in [-0.4, -0.2) is 26.4 Å². The second-order valence-electron chi connectivity index (χ2n) is 5.80. The van der Waals surface area contributed by atoms with Crippen LogP contribution in [0.3, 0.4) is 0 Å². The first kappa shape index (κ1) is 17.6. The molecule has 1 N–H and O–H groups in total. The number of carbonyl (C=O) groups is 1. The largest absolute Gasteiger partial charge is 0.455 e. The number of nitro groups is 1. The van der Waals surface area contributed by atoms with E-state index in [1.165, 1.54) is 29.7 Å². The first-order valence-electron chi connectivity index (χ1n) is 8.16. The number of nitro benzene ring substituents is 1. The third-order valence-corrected chi connectivity index (χ3v) is 4.63. The van der Waals surface area contributed by atoms with E-state index < -0.39 is 4.92 Å². The van der Waals surface area contributed by atoms with Gasteiger partial charge in [0.15, 0.2) is 4.96 Å². The Kier molecular flexibility index (Phi) is 4.68. The van der Waals surface area contributed by atoms with Crippen molar-refractivity contribution < 1.29 is 14.1 Å². The lowest BCUT2D eigenvalue weighted by atomic mass is 10.1. The van der Waals surface area contributed by atoms with Gasteiger partial charge in [-0.2, -0.15) is 5.10 Å². The lowest BCUT2D eigenvalue weighted by Gasteiger charge is -1.97. The lowest BCUT2D eigenvalue weighted by Crippen LogP contribution is -2.19. The maximum absolute atomic E-state index is 12.0. The number of hydrazone groups is 1. The predicted molar refractivity (Wildman–Crippen MR) is 103 cm³/mol. The van der Waals surface area contributed by atoms with Gasteiger partial charge in [0, 0.05) is 35.5 Å². The quantitative estimate of drug-likeness (QED) is 0.306. The fraction of sp³-hybridized carbons (Fsp3) is 0.0556. The van der Waals surface area contributed by atoms with Gasteiger partial charge in [0.2, 0.25) is 5.91 Å². The van der Waals surface area contributed by atoms with E-state index in [9.17, 15) is 14.9 Å². The highest BCUT2D eigenvalue weighted by molar-refractivity contribution is 7.15. The number of non-ortho nitro benzene ring substituents is 1. The zero-order valence-electron chi connectivity index (χ0n) is 14.3. The predicted octanol–water partition coefficient (Wildman–Crippen LogP) is 3.26. The van der Waals surface area contributed by atoms with E-state index >= 15 is 0 Å². The summed E-state index contributed by atoms with van der Waals surface area (Å²) in [6, 6.07) is 9.45. The van der Waals surface area contributed by atoms with Gasteiger partial charge < -0.3 is 4.42 Å². The molecule has 28 heavy (non-hydrogen) atoms. The Morgan fingerprint density at radius 3 is 2.89 bits per heavy atom. The van der Waals surface area contributed by atoms with Gasteiger partial charge in [-0.1, -0.05) is 0 Å². The van der Waals surface area contributed by atoms with Crippen LogP contribution in [0.5, 0.6) is 0 Å². The summed E-state index contributed by atoms with van der Waals surface area (Å²) >= 11 is 1.50. The maximum atomic E-state index is 12.0. The third kappa shape index (κ3) is 3.81. The normalized spacial score (nSPS) is 11.3. The zero-order chi connectivity index (χ0) is 19.5. The van der Waals surface area contributed by atoms with Crippen molar-refractivity contribution in [1.82, 2.24) is 14.8 Å². The number of furan rings is 1. The van der Waals surface area contributed by atoms with Crippen LogP contribution in [0.15, 0.2) is 63.7 Å². The standard InChI is InChI=1S/C18H13N5O4S/c24-17(9-13-11-22-7-8-28-18(22)20-13)21-19-10-15-5-6-16(27-15)12-1-3-14(4-2-12)23(25)26/h1-8,10-11H,9H2,(H,21,24)/b19-10+. The van der Waals surface area contributed by atoms with Crippen LogP contribution in [0, 0.1) is 10.1 Å². The Labute approximate surface area is 162 Å². The molecule has 3 heterocycles. The van der Waals surface area contributed by atoms with Crippen molar-refractivity contribution in [3.05, 3.63) is 75.7 Å². The van der Waals surface area contributed by atoms with Crippen LogP contribution < -0.4 is 5.43 Å². The number of nitrogens with zero attached hydrogens (tertiary/aromatic N) is 4. The Morgan fingerprint density at radius 1 is 1.32 bits per heavy atom. The maximum Gasteiger partial charge on any atom is 0.269 e. The SMILES string of the molecule is O=C(Cc1cn2ccsc2n1)N/N=C/c1ccc(-c2ccc([N+](=O)[O-])cc2)o1. The average Bonchev–Trinajstić information content (AvgIpc) is 3.38. The fourth-order valence-corrected chi connectivity index (χ4v) is 3.28.